The van der Waals surface area contributed by atoms with Crippen LogP contribution in [0.25, 0.3) is 11.4 Å². The van der Waals surface area contributed by atoms with Crippen LogP contribution in [0.5, 0.6) is 0 Å². The predicted octanol–water partition coefficient (Wildman–Crippen LogP) is 4.52. The molecule has 0 saturated heterocycles. The molecule has 0 fully saturated rings. The summed E-state index contributed by atoms with van der Waals surface area (Å²) in [7, 11) is 0. The van der Waals surface area contributed by atoms with E-state index in [1.165, 1.54) is 11.8 Å². The first-order valence-corrected chi connectivity index (χ1v) is 9.91. The Hall–Kier alpha value is -2.38. The second-order valence-corrected chi connectivity index (χ2v) is 7.64. The molecule has 1 N–H and O–H groups in total. The van der Waals surface area contributed by atoms with E-state index in [0.717, 1.165) is 24.4 Å². The molecule has 2 heterocycles. The maximum Gasteiger partial charge on any atom is 0.237 e. The monoisotopic (exact) mass is 401 g/mol. The third-order valence-electron chi connectivity index (χ3n) is 3.89. The van der Waals surface area contributed by atoms with Gasteiger partial charge in [-0.15, -0.1) is 10.2 Å². The molecule has 3 rings (SSSR count). The molecule has 0 spiro atoms. The van der Waals surface area contributed by atoms with E-state index in [4.69, 9.17) is 11.6 Å². The predicted molar refractivity (Wildman–Crippen MR) is 109 cm³/mol. The van der Waals surface area contributed by atoms with E-state index in [-0.39, 0.29) is 11.2 Å². The summed E-state index contributed by atoms with van der Waals surface area (Å²) < 4.78 is 2.04. The molecule has 1 aromatic carbocycles. The Kier molecular flexibility index (Phi) is 6.47. The van der Waals surface area contributed by atoms with Gasteiger partial charge in [0.05, 0.1) is 16.0 Å². The molecule has 140 valence electrons. The Morgan fingerprint density at radius 1 is 1.22 bits per heavy atom. The molecule has 1 atom stereocenters. The van der Waals surface area contributed by atoms with Crippen molar-refractivity contribution in [2.75, 3.05) is 5.32 Å². The molecule has 1 amide bonds. The normalized spacial score (nSPS) is 12.0. The summed E-state index contributed by atoms with van der Waals surface area (Å²) in [5.41, 5.74) is 1.55. The Bertz CT molecular complexity index is 915. The second kappa shape index (κ2) is 9.01. The van der Waals surface area contributed by atoms with Gasteiger partial charge in [-0.25, -0.2) is 0 Å². The molecule has 27 heavy (non-hydrogen) atoms. The van der Waals surface area contributed by atoms with E-state index in [1.54, 1.807) is 24.5 Å². The Balaban J connectivity index is 1.77. The number of anilines is 1. The van der Waals surface area contributed by atoms with E-state index >= 15 is 0 Å². The van der Waals surface area contributed by atoms with Gasteiger partial charge in [0.1, 0.15) is 0 Å². The van der Waals surface area contributed by atoms with E-state index in [2.05, 4.69) is 27.4 Å². The lowest BCUT2D eigenvalue weighted by molar-refractivity contribution is -0.115. The van der Waals surface area contributed by atoms with Gasteiger partial charge in [-0.1, -0.05) is 42.4 Å². The molecule has 0 radical (unpaired) electrons. The fourth-order valence-corrected chi connectivity index (χ4v) is 3.58. The molecule has 6 nitrogen and oxygen atoms in total. The number of rotatable bonds is 7. The van der Waals surface area contributed by atoms with E-state index < -0.39 is 0 Å². The number of thioether (sulfide) groups is 1. The minimum absolute atomic E-state index is 0.135. The summed E-state index contributed by atoms with van der Waals surface area (Å²) in [5, 5.41) is 12.4. The largest absolute Gasteiger partial charge is 0.324 e. The number of para-hydroxylation sites is 1. The highest BCUT2D eigenvalue weighted by Crippen LogP contribution is 2.28. The molecular formula is C19H20ClN5OS. The maximum absolute atomic E-state index is 12.6. The number of aromatic nitrogens is 4. The zero-order valence-electron chi connectivity index (χ0n) is 15.1. The average Bonchev–Trinajstić information content (AvgIpc) is 3.07. The lowest BCUT2D eigenvalue weighted by atomic mass is 10.2. The number of carbonyl (C=O) groups excluding carboxylic acids is 1. The van der Waals surface area contributed by atoms with Crippen LogP contribution in [0.1, 0.15) is 20.3 Å². The highest BCUT2D eigenvalue weighted by molar-refractivity contribution is 8.00. The smallest absolute Gasteiger partial charge is 0.237 e. The summed E-state index contributed by atoms with van der Waals surface area (Å²) >= 11 is 7.50. The summed E-state index contributed by atoms with van der Waals surface area (Å²) in [6.07, 6.45) is 4.39. The number of hydrogen-bond acceptors (Lipinski definition) is 5. The van der Waals surface area contributed by atoms with Crippen molar-refractivity contribution in [1.82, 2.24) is 19.7 Å². The van der Waals surface area contributed by atoms with Gasteiger partial charge < -0.3 is 9.88 Å². The number of amides is 1. The van der Waals surface area contributed by atoms with Gasteiger partial charge in [-0.2, -0.15) is 0 Å². The topological polar surface area (TPSA) is 72.7 Å². The van der Waals surface area contributed by atoms with Crippen molar-refractivity contribution in [3.05, 3.63) is 53.8 Å². The summed E-state index contributed by atoms with van der Waals surface area (Å²) in [6.45, 7) is 4.71. The lowest BCUT2D eigenvalue weighted by Gasteiger charge is -2.14. The van der Waals surface area contributed by atoms with Crippen molar-refractivity contribution < 1.29 is 4.79 Å². The molecule has 0 unspecified atom stereocenters. The first-order chi connectivity index (χ1) is 13.1. The Morgan fingerprint density at radius 3 is 2.67 bits per heavy atom. The number of pyridine rings is 1. The molecule has 0 saturated carbocycles. The third kappa shape index (κ3) is 4.67. The number of carbonyl (C=O) groups is 1. The molecule has 0 bridgehead atoms. The fourth-order valence-electron chi connectivity index (χ4n) is 2.52. The molecule has 3 aromatic rings. The van der Waals surface area contributed by atoms with Crippen molar-refractivity contribution >= 4 is 35.0 Å². The van der Waals surface area contributed by atoms with Crippen molar-refractivity contribution in [3.8, 4) is 11.4 Å². The van der Waals surface area contributed by atoms with Gasteiger partial charge in [0.25, 0.3) is 0 Å². The SMILES string of the molecule is CCCn1c(S[C@H](C)C(=O)Nc2ccccc2Cl)nnc1-c1ccncc1. The lowest BCUT2D eigenvalue weighted by Crippen LogP contribution is -2.23. The molecule has 2 aromatic heterocycles. The standard InChI is InChI=1S/C19H20ClN5OS/c1-3-12-25-17(14-8-10-21-11-9-14)23-24-19(25)27-13(2)18(26)22-16-7-5-4-6-15(16)20/h4-11,13H,3,12H2,1-2H3,(H,22,26)/t13-/m1/s1. The number of hydrogen-bond donors (Lipinski definition) is 1. The quantitative estimate of drug-likeness (QED) is 0.589. The van der Waals surface area contributed by atoms with Crippen molar-refractivity contribution in [3.63, 3.8) is 0 Å². The Labute approximate surface area is 167 Å². The maximum atomic E-state index is 12.6. The average molecular weight is 402 g/mol. The van der Waals surface area contributed by atoms with Crippen LogP contribution in [0.4, 0.5) is 5.69 Å². The number of halogens is 1. The zero-order chi connectivity index (χ0) is 19.2. The molecule has 8 heteroatoms. The first-order valence-electron chi connectivity index (χ1n) is 8.65. The van der Waals surface area contributed by atoms with Crippen LogP contribution in [0.15, 0.2) is 53.9 Å². The van der Waals surface area contributed by atoms with E-state index in [9.17, 15) is 4.79 Å². The zero-order valence-corrected chi connectivity index (χ0v) is 16.7. The van der Waals surface area contributed by atoms with Crippen LogP contribution in [-0.2, 0) is 11.3 Å². The highest BCUT2D eigenvalue weighted by atomic mass is 35.5. The van der Waals surface area contributed by atoms with Crippen molar-refractivity contribution in [2.24, 2.45) is 0 Å². The van der Waals surface area contributed by atoms with Gasteiger partial charge in [0, 0.05) is 24.5 Å². The Morgan fingerprint density at radius 2 is 1.96 bits per heavy atom. The minimum atomic E-state index is -0.355. The van der Waals surface area contributed by atoms with Gasteiger partial charge in [-0.05, 0) is 37.6 Å². The van der Waals surface area contributed by atoms with E-state index in [0.29, 0.717) is 15.9 Å². The minimum Gasteiger partial charge on any atom is -0.324 e. The highest BCUT2D eigenvalue weighted by Gasteiger charge is 2.21. The van der Waals surface area contributed by atoms with Gasteiger partial charge >= 0.3 is 0 Å². The first kappa shape index (κ1) is 19.4. The van der Waals surface area contributed by atoms with Crippen LogP contribution in [0.2, 0.25) is 5.02 Å². The van der Waals surface area contributed by atoms with E-state index in [1.807, 2.05) is 35.8 Å². The van der Waals surface area contributed by atoms with Crippen LogP contribution < -0.4 is 5.32 Å². The fraction of sp³-hybridized carbons (Fsp3) is 0.263. The molecule has 0 aliphatic rings. The summed E-state index contributed by atoms with van der Waals surface area (Å²) in [6, 6.07) is 11.0. The molecule has 0 aliphatic heterocycles. The van der Waals surface area contributed by atoms with Gasteiger partial charge in [0.15, 0.2) is 11.0 Å². The van der Waals surface area contributed by atoms with Gasteiger partial charge in [-0.3, -0.25) is 9.78 Å². The van der Waals surface area contributed by atoms with Crippen LogP contribution in [-0.4, -0.2) is 30.9 Å². The van der Waals surface area contributed by atoms with Crippen molar-refractivity contribution in [1.29, 1.82) is 0 Å². The molecule has 0 aliphatic carbocycles. The summed E-state index contributed by atoms with van der Waals surface area (Å²) in [5.74, 6) is 0.644. The van der Waals surface area contributed by atoms with Gasteiger partial charge in [0.2, 0.25) is 5.91 Å². The number of benzene rings is 1. The number of nitrogens with one attached hydrogen (secondary N) is 1. The number of nitrogens with zero attached hydrogens (tertiary/aromatic N) is 4. The van der Waals surface area contributed by atoms with Crippen molar-refractivity contribution in [2.45, 2.75) is 37.2 Å². The van der Waals surface area contributed by atoms with Crippen LogP contribution in [0, 0.1) is 0 Å². The molecular weight excluding hydrogens is 382 g/mol. The van der Waals surface area contributed by atoms with Crippen LogP contribution >= 0.6 is 23.4 Å². The second-order valence-electron chi connectivity index (χ2n) is 5.92. The van der Waals surface area contributed by atoms with Crippen LogP contribution in [0.3, 0.4) is 0 Å². The third-order valence-corrected chi connectivity index (χ3v) is 5.30. The summed E-state index contributed by atoms with van der Waals surface area (Å²) in [4.78, 5) is 16.6.